The molecule has 0 N–H and O–H groups in total. The van der Waals surface area contributed by atoms with Gasteiger partial charge in [-0.05, 0) is 36.8 Å². The molecule has 2 rings (SSSR count). The molecule has 6 heteroatoms. The number of hydrogen-bond donors (Lipinski definition) is 0. The first-order valence-electron chi connectivity index (χ1n) is 5.88. The Morgan fingerprint density at radius 3 is 2.10 bits per heavy atom. The third-order valence-electron chi connectivity index (χ3n) is 2.97. The number of carbonyl (C=O) groups excluding carboxylic acids is 1. The molecule has 0 aliphatic rings. The summed E-state index contributed by atoms with van der Waals surface area (Å²) < 4.78 is 64.0. The normalized spacial score (nSPS) is 11.5. The van der Waals surface area contributed by atoms with Crippen LogP contribution in [0.4, 0.5) is 22.0 Å². The number of rotatable bonds is 2. The van der Waals surface area contributed by atoms with Gasteiger partial charge in [-0.2, -0.15) is 13.2 Å². The van der Waals surface area contributed by atoms with Gasteiger partial charge in [0, 0.05) is 11.6 Å². The van der Waals surface area contributed by atoms with Gasteiger partial charge < -0.3 is 0 Å². The largest absolute Gasteiger partial charge is 0.416 e. The zero-order valence-corrected chi connectivity index (χ0v) is 10.8. The molecular weight excluding hydrogens is 291 g/mol. The van der Waals surface area contributed by atoms with Crippen molar-refractivity contribution >= 4 is 5.78 Å². The van der Waals surface area contributed by atoms with Crippen LogP contribution in [0, 0.1) is 18.6 Å². The van der Waals surface area contributed by atoms with Crippen molar-refractivity contribution in [3.63, 3.8) is 0 Å². The first-order valence-corrected chi connectivity index (χ1v) is 5.88. The fourth-order valence-corrected chi connectivity index (χ4v) is 1.91. The maximum atomic E-state index is 13.5. The summed E-state index contributed by atoms with van der Waals surface area (Å²) in [7, 11) is 0. The first-order chi connectivity index (χ1) is 9.70. The van der Waals surface area contributed by atoms with E-state index >= 15 is 0 Å². The van der Waals surface area contributed by atoms with Gasteiger partial charge in [0.05, 0.1) is 11.1 Å². The van der Waals surface area contributed by atoms with Gasteiger partial charge in [-0.1, -0.05) is 6.07 Å². The predicted molar refractivity (Wildman–Crippen MR) is 66.0 cm³/mol. The average molecular weight is 300 g/mol. The predicted octanol–water partition coefficient (Wildman–Crippen LogP) is 4.52. The van der Waals surface area contributed by atoms with E-state index in [0.29, 0.717) is 6.07 Å². The minimum absolute atomic E-state index is 0.0616. The van der Waals surface area contributed by atoms with Crippen LogP contribution in [-0.4, -0.2) is 5.78 Å². The first kappa shape index (κ1) is 15.2. The van der Waals surface area contributed by atoms with E-state index in [4.69, 9.17) is 0 Å². The van der Waals surface area contributed by atoms with Crippen molar-refractivity contribution in [3.05, 3.63) is 70.3 Å². The van der Waals surface area contributed by atoms with Crippen LogP contribution in [0.5, 0.6) is 0 Å². The summed E-state index contributed by atoms with van der Waals surface area (Å²) in [5.41, 5.74) is -1.28. The van der Waals surface area contributed by atoms with Crippen LogP contribution in [0.1, 0.15) is 27.0 Å². The molecule has 0 bridgehead atoms. The Hall–Kier alpha value is -2.24. The summed E-state index contributed by atoms with van der Waals surface area (Å²) in [6.45, 7) is 1.32. The Morgan fingerprint density at radius 1 is 0.952 bits per heavy atom. The van der Waals surface area contributed by atoms with E-state index in [1.165, 1.54) is 6.92 Å². The molecule has 0 saturated heterocycles. The van der Waals surface area contributed by atoms with Crippen molar-refractivity contribution in [2.45, 2.75) is 13.1 Å². The average Bonchev–Trinajstić information content (AvgIpc) is 2.36. The van der Waals surface area contributed by atoms with Gasteiger partial charge in [0.1, 0.15) is 11.6 Å². The third kappa shape index (κ3) is 3.09. The van der Waals surface area contributed by atoms with Gasteiger partial charge in [-0.3, -0.25) is 4.79 Å². The smallest absolute Gasteiger partial charge is 0.288 e. The van der Waals surface area contributed by atoms with Crippen molar-refractivity contribution in [1.29, 1.82) is 0 Å². The molecule has 0 spiro atoms. The zero-order chi connectivity index (χ0) is 15.8. The van der Waals surface area contributed by atoms with E-state index in [2.05, 4.69) is 0 Å². The minimum Gasteiger partial charge on any atom is -0.288 e. The standard InChI is InChI=1S/C15H9F5O/c1-8-6-9(15(18,19)20)2-4-11(8)14(21)12-5-3-10(16)7-13(12)17/h2-7H,1H3. The van der Waals surface area contributed by atoms with Crippen molar-refractivity contribution in [2.75, 3.05) is 0 Å². The summed E-state index contributed by atoms with van der Waals surface area (Å²) in [5, 5.41) is 0. The van der Waals surface area contributed by atoms with Crippen LogP contribution in [0.2, 0.25) is 0 Å². The Kier molecular flexibility index (Phi) is 3.80. The van der Waals surface area contributed by atoms with Gasteiger partial charge in [-0.25, -0.2) is 8.78 Å². The molecular formula is C15H9F5O. The van der Waals surface area contributed by atoms with E-state index in [-0.39, 0.29) is 16.7 Å². The number of hydrogen-bond acceptors (Lipinski definition) is 1. The molecule has 2 aromatic rings. The molecule has 2 aromatic carbocycles. The Balaban J connectivity index is 2.45. The van der Waals surface area contributed by atoms with Crippen LogP contribution in [0.3, 0.4) is 0 Å². The van der Waals surface area contributed by atoms with Crippen molar-refractivity contribution in [2.24, 2.45) is 0 Å². The topological polar surface area (TPSA) is 17.1 Å². The van der Waals surface area contributed by atoms with E-state index in [9.17, 15) is 26.7 Å². The maximum Gasteiger partial charge on any atom is 0.416 e. The van der Waals surface area contributed by atoms with E-state index in [1.807, 2.05) is 0 Å². The quantitative estimate of drug-likeness (QED) is 0.588. The lowest BCUT2D eigenvalue weighted by atomic mass is 9.97. The van der Waals surface area contributed by atoms with Gasteiger partial charge in [0.15, 0.2) is 5.78 Å². The van der Waals surface area contributed by atoms with Crippen molar-refractivity contribution < 1.29 is 26.7 Å². The van der Waals surface area contributed by atoms with Gasteiger partial charge >= 0.3 is 6.18 Å². The molecule has 1 nitrogen and oxygen atoms in total. The Labute approximate surface area is 117 Å². The second kappa shape index (κ2) is 5.27. The molecule has 0 unspecified atom stereocenters. The fraction of sp³-hybridized carbons (Fsp3) is 0.133. The summed E-state index contributed by atoms with van der Waals surface area (Å²) >= 11 is 0. The highest BCUT2D eigenvalue weighted by atomic mass is 19.4. The number of carbonyl (C=O) groups is 1. The van der Waals surface area contributed by atoms with Crippen molar-refractivity contribution in [1.82, 2.24) is 0 Å². The van der Waals surface area contributed by atoms with Crippen LogP contribution in [0.15, 0.2) is 36.4 Å². The second-order valence-electron chi connectivity index (χ2n) is 4.48. The highest BCUT2D eigenvalue weighted by molar-refractivity contribution is 6.10. The van der Waals surface area contributed by atoms with Crippen molar-refractivity contribution in [3.8, 4) is 0 Å². The lowest BCUT2D eigenvalue weighted by Gasteiger charge is -2.11. The molecule has 0 atom stereocenters. The van der Waals surface area contributed by atoms with Crippen LogP contribution < -0.4 is 0 Å². The molecule has 21 heavy (non-hydrogen) atoms. The minimum atomic E-state index is -4.52. The highest BCUT2D eigenvalue weighted by Gasteiger charge is 2.31. The molecule has 0 aliphatic carbocycles. The Morgan fingerprint density at radius 2 is 1.57 bits per heavy atom. The zero-order valence-electron chi connectivity index (χ0n) is 10.8. The Bertz CT molecular complexity index is 704. The number of alkyl halides is 3. The molecule has 0 radical (unpaired) electrons. The highest BCUT2D eigenvalue weighted by Crippen LogP contribution is 2.31. The number of aryl methyl sites for hydroxylation is 1. The fourth-order valence-electron chi connectivity index (χ4n) is 1.91. The summed E-state index contributed by atoms with van der Waals surface area (Å²) in [4.78, 5) is 12.1. The van der Waals surface area contributed by atoms with Gasteiger partial charge in [0.2, 0.25) is 0 Å². The lowest BCUT2D eigenvalue weighted by molar-refractivity contribution is -0.137. The third-order valence-corrected chi connectivity index (χ3v) is 2.97. The molecule has 0 heterocycles. The number of halogens is 5. The molecule has 110 valence electrons. The van der Waals surface area contributed by atoms with E-state index in [0.717, 1.165) is 30.3 Å². The van der Waals surface area contributed by atoms with Crippen LogP contribution in [0.25, 0.3) is 0 Å². The summed E-state index contributed by atoms with van der Waals surface area (Å²) in [6, 6.07) is 4.98. The molecule has 0 fully saturated rings. The summed E-state index contributed by atoms with van der Waals surface area (Å²) in [5.74, 6) is -2.69. The SMILES string of the molecule is Cc1cc(C(F)(F)F)ccc1C(=O)c1ccc(F)cc1F. The van der Waals surface area contributed by atoms with Crippen LogP contribution >= 0.6 is 0 Å². The maximum absolute atomic E-state index is 13.5. The number of benzene rings is 2. The molecule has 0 saturated carbocycles. The van der Waals surface area contributed by atoms with Crippen LogP contribution in [-0.2, 0) is 6.18 Å². The molecule has 0 amide bonds. The monoisotopic (exact) mass is 300 g/mol. The van der Waals surface area contributed by atoms with Gasteiger partial charge in [-0.15, -0.1) is 0 Å². The second-order valence-corrected chi connectivity index (χ2v) is 4.48. The number of ketones is 1. The molecule has 0 aromatic heterocycles. The van der Waals surface area contributed by atoms with E-state index < -0.39 is 29.2 Å². The molecule has 0 aliphatic heterocycles. The lowest BCUT2D eigenvalue weighted by Crippen LogP contribution is -2.10. The van der Waals surface area contributed by atoms with Gasteiger partial charge in [0.25, 0.3) is 0 Å². The summed E-state index contributed by atoms with van der Waals surface area (Å²) in [6.07, 6.45) is -4.52. The van der Waals surface area contributed by atoms with E-state index in [1.54, 1.807) is 0 Å².